The SMILES string of the molecule is C1CNC2CCN3CCCCC3C2C1. The summed E-state index contributed by atoms with van der Waals surface area (Å²) in [7, 11) is 0. The van der Waals surface area contributed by atoms with E-state index in [2.05, 4.69) is 10.2 Å². The van der Waals surface area contributed by atoms with E-state index in [1.165, 1.54) is 58.2 Å². The van der Waals surface area contributed by atoms with Crippen LogP contribution in [0.15, 0.2) is 0 Å². The van der Waals surface area contributed by atoms with Crippen molar-refractivity contribution in [3.8, 4) is 0 Å². The Morgan fingerprint density at radius 1 is 0.929 bits per heavy atom. The van der Waals surface area contributed by atoms with E-state index in [1.807, 2.05) is 0 Å². The monoisotopic (exact) mass is 194 g/mol. The van der Waals surface area contributed by atoms with Crippen LogP contribution in [0.4, 0.5) is 0 Å². The van der Waals surface area contributed by atoms with E-state index < -0.39 is 0 Å². The standard InChI is InChI=1S/C12H22N2/c1-2-8-14-9-6-11-10(12(14)5-1)4-3-7-13-11/h10-13H,1-9H2. The molecular weight excluding hydrogens is 172 g/mol. The average molecular weight is 194 g/mol. The molecule has 3 aliphatic heterocycles. The Morgan fingerprint density at radius 2 is 1.93 bits per heavy atom. The number of hydrogen-bond donors (Lipinski definition) is 1. The van der Waals surface area contributed by atoms with Gasteiger partial charge in [-0.3, -0.25) is 4.90 Å². The van der Waals surface area contributed by atoms with Gasteiger partial charge in [0.2, 0.25) is 0 Å². The van der Waals surface area contributed by atoms with Crippen molar-refractivity contribution in [3.05, 3.63) is 0 Å². The van der Waals surface area contributed by atoms with Crippen LogP contribution in [-0.2, 0) is 0 Å². The molecule has 0 aromatic rings. The maximum Gasteiger partial charge on any atom is 0.0138 e. The minimum atomic E-state index is 0.864. The maximum absolute atomic E-state index is 3.73. The molecule has 2 nitrogen and oxygen atoms in total. The Balaban J connectivity index is 1.74. The first kappa shape index (κ1) is 9.17. The van der Waals surface area contributed by atoms with E-state index in [4.69, 9.17) is 0 Å². The fourth-order valence-electron chi connectivity index (χ4n) is 3.84. The lowest BCUT2D eigenvalue weighted by atomic mass is 9.76. The first-order valence-electron chi connectivity index (χ1n) is 6.42. The zero-order valence-corrected chi connectivity index (χ0v) is 9.04. The molecule has 3 rings (SSSR count). The predicted octanol–water partition coefficient (Wildman–Crippen LogP) is 1.61. The molecule has 0 aliphatic carbocycles. The molecular formula is C12H22N2. The molecule has 3 unspecified atom stereocenters. The van der Waals surface area contributed by atoms with Gasteiger partial charge in [-0.05, 0) is 57.7 Å². The molecule has 0 bridgehead atoms. The van der Waals surface area contributed by atoms with Gasteiger partial charge in [0, 0.05) is 12.1 Å². The van der Waals surface area contributed by atoms with Gasteiger partial charge in [0.25, 0.3) is 0 Å². The Labute approximate surface area is 87.0 Å². The highest BCUT2D eigenvalue weighted by Crippen LogP contribution is 2.35. The largest absolute Gasteiger partial charge is 0.314 e. The van der Waals surface area contributed by atoms with Gasteiger partial charge in [-0.1, -0.05) is 6.42 Å². The van der Waals surface area contributed by atoms with E-state index in [0.29, 0.717) is 0 Å². The van der Waals surface area contributed by atoms with E-state index >= 15 is 0 Å². The van der Waals surface area contributed by atoms with E-state index in [1.54, 1.807) is 0 Å². The van der Waals surface area contributed by atoms with Gasteiger partial charge in [-0.15, -0.1) is 0 Å². The molecule has 3 atom stereocenters. The lowest BCUT2D eigenvalue weighted by molar-refractivity contribution is 0.0220. The fourth-order valence-corrected chi connectivity index (χ4v) is 3.84. The lowest BCUT2D eigenvalue weighted by Crippen LogP contribution is -2.58. The van der Waals surface area contributed by atoms with Gasteiger partial charge in [0.1, 0.15) is 0 Å². The van der Waals surface area contributed by atoms with Crippen LogP contribution in [-0.4, -0.2) is 36.6 Å². The van der Waals surface area contributed by atoms with Crippen LogP contribution in [0.3, 0.4) is 0 Å². The van der Waals surface area contributed by atoms with Crippen molar-refractivity contribution < 1.29 is 0 Å². The van der Waals surface area contributed by atoms with E-state index in [0.717, 1.165) is 18.0 Å². The van der Waals surface area contributed by atoms with Crippen molar-refractivity contribution in [2.24, 2.45) is 5.92 Å². The Morgan fingerprint density at radius 3 is 2.93 bits per heavy atom. The third-order valence-corrected chi connectivity index (χ3v) is 4.52. The Kier molecular flexibility index (Phi) is 2.50. The Hall–Kier alpha value is -0.0800. The van der Waals surface area contributed by atoms with Crippen molar-refractivity contribution in [1.82, 2.24) is 10.2 Å². The van der Waals surface area contributed by atoms with Gasteiger partial charge >= 0.3 is 0 Å². The minimum absolute atomic E-state index is 0.864. The number of fused-ring (bicyclic) bond motifs is 3. The number of nitrogens with one attached hydrogen (secondary N) is 1. The van der Waals surface area contributed by atoms with Crippen LogP contribution >= 0.6 is 0 Å². The van der Waals surface area contributed by atoms with Gasteiger partial charge < -0.3 is 5.32 Å². The summed E-state index contributed by atoms with van der Waals surface area (Å²) >= 11 is 0. The van der Waals surface area contributed by atoms with Crippen LogP contribution < -0.4 is 5.32 Å². The van der Waals surface area contributed by atoms with Gasteiger partial charge in [-0.25, -0.2) is 0 Å². The number of piperidine rings is 3. The minimum Gasteiger partial charge on any atom is -0.314 e. The summed E-state index contributed by atoms with van der Waals surface area (Å²) in [5.41, 5.74) is 0. The van der Waals surface area contributed by atoms with Crippen LogP contribution in [0.1, 0.15) is 38.5 Å². The molecule has 0 radical (unpaired) electrons. The van der Waals surface area contributed by atoms with Gasteiger partial charge in [-0.2, -0.15) is 0 Å². The van der Waals surface area contributed by atoms with Crippen LogP contribution in [0.25, 0.3) is 0 Å². The fraction of sp³-hybridized carbons (Fsp3) is 1.00. The Bertz CT molecular complexity index is 182. The second-order valence-corrected chi connectivity index (χ2v) is 5.25. The van der Waals surface area contributed by atoms with Crippen LogP contribution in [0.5, 0.6) is 0 Å². The molecule has 80 valence electrons. The summed E-state index contributed by atoms with van der Waals surface area (Å²) in [6.45, 7) is 4.01. The first-order chi connectivity index (χ1) is 6.95. The van der Waals surface area contributed by atoms with Crippen molar-refractivity contribution in [1.29, 1.82) is 0 Å². The molecule has 0 spiro atoms. The molecule has 3 saturated heterocycles. The predicted molar refractivity (Wildman–Crippen MR) is 58.3 cm³/mol. The summed E-state index contributed by atoms with van der Waals surface area (Å²) < 4.78 is 0. The van der Waals surface area contributed by atoms with Gasteiger partial charge in [0.05, 0.1) is 0 Å². The average Bonchev–Trinajstić information content (AvgIpc) is 2.29. The molecule has 2 heteroatoms. The lowest BCUT2D eigenvalue weighted by Gasteiger charge is -2.50. The summed E-state index contributed by atoms with van der Waals surface area (Å²) in [5, 5.41) is 3.73. The summed E-state index contributed by atoms with van der Waals surface area (Å²) in [6.07, 6.45) is 8.69. The quantitative estimate of drug-likeness (QED) is 0.630. The topological polar surface area (TPSA) is 15.3 Å². The van der Waals surface area contributed by atoms with Crippen molar-refractivity contribution in [3.63, 3.8) is 0 Å². The second-order valence-electron chi connectivity index (χ2n) is 5.25. The molecule has 0 amide bonds. The van der Waals surface area contributed by atoms with E-state index in [9.17, 15) is 0 Å². The maximum atomic E-state index is 3.73. The van der Waals surface area contributed by atoms with Crippen LogP contribution in [0.2, 0.25) is 0 Å². The molecule has 0 aromatic heterocycles. The summed E-state index contributed by atoms with van der Waals surface area (Å²) in [5.74, 6) is 0.984. The normalized spacial score (nSPS) is 44.1. The zero-order valence-electron chi connectivity index (χ0n) is 9.04. The highest BCUT2D eigenvalue weighted by atomic mass is 15.2. The number of nitrogens with zero attached hydrogens (tertiary/aromatic N) is 1. The molecule has 3 heterocycles. The molecule has 3 fully saturated rings. The second kappa shape index (κ2) is 3.82. The molecule has 1 N–H and O–H groups in total. The van der Waals surface area contributed by atoms with Crippen molar-refractivity contribution >= 4 is 0 Å². The zero-order chi connectivity index (χ0) is 9.38. The summed E-state index contributed by atoms with van der Waals surface area (Å²) in [6, 6.07) is 1.80. The third kappa shape index (κ3) is 1.49. The highest BCUT2D eigenvalue weighted by molar-refractivity contribution is 4.96. The molecule has 3 aliphatic rings. The van der Waals surface area contributed by atoms with Crippen molar-refractivity contribution in [2.45, 2.75) is 50.6 Å². The molecule has 0 aromatic carbocycles. The smallest absolute Gasteiger partial charge is 0.0138 e. The molecule has 14 heavy (non-hydrogen) atoms. The van der Waals surface area contributed by atoms with E-state index in [-0.39, 0.29) is 0 Å². The first-order valence-corrected chi connectivity index (χ1v) is 6.42. The summed E-state index contributed by atoms with van der Waals surface area (Å²) in [4.78, 5) is 2.78. The molecule has 0 saturated carbocycles. The van der Waals surface area contributed by atoms with Crippen molar-refractivity contribution in [2.75, 3.05) is 19.6 Å². The highest BCUT2D eigenvalue weighted by Gasteiger charge is 2.39. The number of rotatable bonds is 0. The third-order valence-electron chi connectivity index (χ3n) is 4.52. The van der Waals surface area contributed by atoms with Crippen LogP contribution in [0, 0.1) is 5.92 Å². The van der Waals surface area contributed by atoms with Gasteiger partial charge in [0.15, 0.2) is 0 Å². The number of hydrogen-bond acceptors (Lipinski definition) is 2.